The molecule has 140 valence electrons. The van der Waals surface area contributed by atoms with Crippen LogP contribution < -0.4 is 5.32 Å². The molecule has 4 aliphatic carbocycles. The van der Waals surface area contributed by atoms with Crippen LogP contribution in [0.2, 0.25) is 5.02 Å². The predicted octanol–water partition coefficient (Wildman–Crippen LogP) is 6.21. The minimum atomic E-state index is 0.119. The van der Waals surface area contributed by atoms with Crippen LogP contribution in [0.1, 0.15) is 50.5 Å². The van der Waals surface area contributed by atoms with Gasteiger partial charge in [-0.05, 0) is 78.9 Å². The molecule has 27 heavy (non-hydrogen) atoms. The van der Waals surface area contributed by atoms with E-state index >= 15 is 0 Å². The number of hydrogen-bond donors (Lipinski definition) is 1. The molecule has 4 saturated carbocycles. The van der Waals surface area contributed by atoms with E-state index in [1.807, 2.05) is 24.3 Å². The normalized spacial score (nSPS) is 33.8. The second-order valence-electron chi connectivity index (χ2n) is 9.31. The first-order chi connectivity index (χ1) is 13.1. The maximum atomic E-state index is 12.9. The molecule has 0 saturated heterocycles. The van der Waals surface area contributed by atoms with E-state index in [9.17, 15) is 4.79 Å². The van der Waals surface area contributed by atoms with E-state index in [1.54, 1.807) is 0 Å². The van der Waals surface area contributed by atoms with E-state index in [-0.39, 0.29) is 16.7 Å². The molecule has 4 bridgehead atoms. The summed E-state index contributed by atoms with van der Waals surface area (Å²) in [5, 5.41) is 3.68. The summed E-state index contributed by atoms with van der Waals surface area (Å²) >= 11 is 6.23. The zero-order valence-electron chi connectivity index (χ0n) is 15.6. The molecule has 4 fully saturated rings. The lowest BCUT2D eigenvalue weighted by Gasteiger charge is -2.62. The van der Waals surface area contributed by atoms with Crippen LogP contribution in [0.3, 0.4) is 0 Å². The Kier molecular flexibility index (Phi) is 4.09. The van der Waals surface area contributed by atoms with Crippen molar-refractivity contribution in [3.63, 3.8) is 0 Å². The Morgan fingerprint density at radius 2 is 1.63 bits per heavy atom. The van der Waals surface area contributed by atoms with E-state index < -0.39 is 0 Å². The van der Waals surface area contributed by atoms with Gasteiger partial charge in [-0.2, -0.15) is 0 Å². The lowest BCUT2D eigenvalue weighted by molar-refractivity contribution is -0.126. The van der Waals surface area contributed by atoms with E-state index in [4.69, 9.17) is 11.6 Å². The van der Waals surface area contributed by atoms with Gasteiger partial charge in [0.2, 0.25) is 5.91 Å². The quantitative estimate of drug-likeness (QED) is 0.672. The van der Waals surface area contributed by atoms with Crippen molar-refractivity contribution in [2.24, 2.45) is 17.3 Å². The molecule has 0 heterocycles. The molecule has 2 aromatic rings. The van der Waals surface area contributed by atoms with Crippen molar-refractivity contribution in [2.45, 2.75) is 50.4 Å². The van der Waals surface area contributed by atoms with Gasteiger partial charge in [-0.25, -0.2) is 0 Å². The van der Waals surface area contributed by atoms with Crippen LogP contribution >= 0.6 is 11.6 Å². The van der Waals surface area contributed by atoms with Crippen molar-refractivity contribution in [1.82, 2.24) is 0 Å². The molecule has 2 aromatic carbocycles. The fraction of sp³-hybridized carbons (Fsp3) is 0.458. The van der Waals surface area contributed by atoms with E-state index in [0.29, 0.717) is 11.4 Å². The number of anilines is 1. The SMILES string of the molecule is O=C(CC12C[C@H]3C[C@H](C1)CC(c1ccccc1)(C3)C2)Nc1ccccc1Cl. The summed E-state index contributed by atoms with van der Waals surface area (Å²) < 4.78 is 0. The first-order valence-electron chi connectivity index (χ1n) is 10.2. The van der Waals surface area contributed by atoms with Crippen molar-refractivity contribution in [2.75, 3.05) is 5.32 Å². The van der Waals surface area contributed by atoms with Gasteiger partial charge in [-0.1, -0.05) is 54.1 Å². The van der Waals surface area contributed by atoms with Crippen LogP contribution in [0, 0.1) is 17.3 Å². The van der Waals surface area contributed by atoms with Crippen molar-refractivity contribution in [3.8, 4) is 0 Å². The highest BCUT2D eigenvalue weighted by Gasteiger charge is 2.58. The van der Waals surface area contributed by atoms with E-state index in [1.165, 1.54) is 37.7 Å². The summed E-state index contributed by atoms with van der Waals surface area (Å²) in [6.45, 7) is 0. The molecule has 6 rings (SSSR count). The monoisotopic (exact) mass is 379 g/mol. The van der Waals surface area contributed by atoms with Gasteiger partial charge in [0, 0.05) is 6.42 Å². The second-order valence-corrected chi connectivity index (χ2v) is 9.72. The third-order valence-electron chi connectivity index (χ3n) is 7.25. The molecule has 4 aliphatic rings. The summed E-state index contributed by atoms with van der Waals surface area (Å²) in [7, 11) is 0. The largest absolute Gasteiger partial charge is 0.325 e. The molecule has 1 amide bonds. The third-order valence-corrected chi connectivity index (χ3v) is 7.58. The smallest absolute Gasteiger partial charge is 0.224 e. The first kappa shape index (κ1) is 17.3. The summed E-state index contributed by atoms with van der Waals surface area (Å²) in [6, 6.07) is 18.6. The number of carbonyl (C=O) groups is 1. The minimum Gasteiger partial charge on any atom is -0.325 e. The van der Waals surface area contributed by atoms with Crippen molar-refractivity contribution in [3.05, 3.63) is 65.2 Å². The average molecular weight is 380 g/mol. The Morgan fingerprint density at radius 1 is 0.963 bits per heavy atom. The standard InChI is InChI=1S/C24H26ClNO/c25-20-8-4-5-9-21(20)26-22(27)15-23-11-17-10-18(12-23)14-24(13-17,16-23)19-6-2-1-3-7-19/h1-9,17-18H,10-16H2,(H,26,27)/t17-,18-,23?,24?/m1/s1. The van der Waals surface area contributed by atoms with Crippen LogP contribution in [0.15, 0.2) is 54.6 Å². The van der Waals surface area contributed by atoms with Gasteiger partial charge in [0.1, 0.15) is 0 Å². The number of carbonyl (C=O) groups excluding carboxylic acids is 1. The van der Waals surface area contributed by atoms with Crippen molar-refractivity contribution in [1.29, 1.82) is 0 Å². The lowest BCUT2D eigenvalue weighted by atomic mass is 9.42. The molecule has 1 N–H and O–H groups in total. The van der Waals surface area contributed by atoms with Crippen LogP contribution in [-0.2, 0) is 10.2 Å². The molecule has 0 spiro atoms. The molecular weight excluding hydrogens is 354 g/mol. The molecule has 0 radical (unpaired) electrons. The zero-order chi connectivity index (χ0) is 18.5. The zero-order valence-corrected chi connectivity index (χ0v) is 16.3. The number of hydrogen-bond acceptors (Lipinski definition) is 1. The second kappa shape index (κ2) is 6.38. The highest BCUT2D eigenvalue weighted by molar-refractivity contribution is 6.33. The van der Waals surface area contributed by atoms with Gasteiger partial charge in [0.15, 0.2) is 0 Å². The van der Waals surface area contributed by atoms with E-state index in [2.05, 4.69) is 35.6 Å². The maximum absolute atomic E-state index is 12.9. The number of halogens is 1. The Labute approximate surface area is 166 Å². The Morgan fingerprint density at radius 3 is 2.33 bits per heavy atom. The van der Waals surface area contributed by atoms with Crippen LogP contribution in [-0.4, -0.2) is 5.91 Å². The number of para-hydroxylation sites is 1. The maximum Gasteiger partial charge on any atom is 0.224 e. The molecule has 2 nitrogen and oxygen atoms in total. The fourth-order valence-electron chi connectivity index (χ4n) is 6.89. The molecule has 3 heteroatoms. The predicted molar refractivity (Wildman–Crippen MR) is 110 cm³/mol. The Balaban J connectivity index is 1.39. The topological polar surface area (TPSA) is 29.1 Å². The molecule has 0 aliphatic heterocycles. The Hall–Kier alpha value is -1.80. The summed E-state index contributed by atoms with van der Waals surface area (Å²) in [5.41, 5.74) is 2.67. The van der Waals surface area contributed by atoms with Gasteiger partial charge in [0.05, 0.1) is 10.7 Å². The van der Waals surface area contributed by atoms with Gasteiger partial charge >= 0.3 is 0 Å². The summed E-state index contributed by atoms with van der Waals surface area (Å²) in [6.07, 6.45) is 8.19. The summed E-state index contributed by atoms with van der Waals surface area (Å²) in [4.78, 5) is 12.9. The van der Waals surface area contributed by atoms with Gasteiger partial charge < -0.3 is 5.32 Å². The van der Waals surface area contributed by atoms with Crippen LogP contribution in [0.5, 0.6) is 0 Å². The highest BCUT2D eigenvalue weighted by Crippen LogP contribution is 2.66. The van der Waals surface area contributed by atoms with E-state index in [0.717, 1.165) is 23.9 Å². The third kappa shape index (κ3) is 3.08. The fourth-order valence-corrected chi connectivity index (χ4v) is 7.07. The van der Waals surface area contributed by atoms with Crippen molar-refractivity contribution >= 4 is 23.2 Å². The molecule has 0 unspecified atom stereocenters. The van der Waals surface area contributed by atoms with Crippen LogP contribution in [0.4, 0.5) is 5.69 Å². The lowest BCUT2D eigenvalue weighted by Crippen LogP contribution is -2.54. The average Bonchev–Trinajstić information content (AvgIpc) is 2.63. The van der Waals surface area contributed by atoms with Crippen molar-refractivity contribution < 1.29 is 4.79 Å². The first-order valence-corrected chi connectivity index (χ1v) is 10.5. The number of nitrogens with one attached hydrogen (secondary N) is 1. The molecule has 2 atom stereocenters. The van der Waals surface area contributed by atoms with Gasteiger partial charge in [-0.15, -0.1) is 0 Å². The molecule has 0 aromatic heterocycles. The number of benzene rings is 2. The van der Waals surface area contributed by atoms with Crippen LogP contribution in [0.25, 0.3) is 0 Å². The number of rotatable bonds is 4. The molecular formula is C24H26ClNO. The summed E-state index contributed by atoms with van der Waals surface area (Å²) in [5.74, 6) is 1.67. The minimum absolute atomic E-state index is 0.119. The number of amides is 1. The van der Waals surface area contributed by atoms with Gasteiger partial charge in [0.25, 0.3) is 0 Å². The van der Waals surface area contributed by atoms with Gasteiger partial charge in [-0.3, -0.25) is 4.79 Å². The Bertz CT molecular complexity index is 848. The highest BCUT2D eigenvalue weighted by atomic mass is 35.5.